The lowest BCUT2D eigenvalue weighted by Gasteiger charge is -2.34. The molecule has 0 amide bonds. The van der Waals surface area contributed by atoms with Crippen LogP contribution < -0.4 is 5.73 Å². The van der Waals surface area contributed by atoms with Crippen molar-refractivity contribution in [2.24, 2.45) is 17.6 Å². The summed E-state index contributed by atoms with van der Waals surface area (Å²) < 4.78 is 5.31. The number of methoxy groups -OCH3 is 1. The van der Waals surface area contributed by atoms with E-state index in [1.807, 2.05) is 0 Å². The fraction of sp³-hybridized carbons (Fsp3) is 1.00. The van der Waals surface area contributed by atoms with Gasteiger partial charge in [0, 0.05) is 13.2 Å². The highest BCUT2D eigenvalue weighted by molar-refractivity contribution is 4.83. The van der Waals surface area contributed by atoms with E-state index >= 15 is 0 Å². The van der Waals surface area contributed by atoms with Crippen molar-refractivity contribution in [2.75, 3.05) is 7.11 Å². The average molecular weight is 199 g/mol. The maximum Gasteiger partial charge on any atom is 0.0696 e. The minimum absolute atomic E-state index is 0.204. The van der Waals surface area contributed by atoms with Crippen molar-refractivity contribution < 1.29 is 4.74 Å². The molecule has 84 valence electrons. The largest absolute Gasteiger partial charge is 0.380 e. The third-order valence-corrected chi connectivity index (χ3v) is 3.86. The Morgan fingerprint density at radius 3 is 2.71 bits per heavy atom. The SMILES string of the molecule is CCC1CCCC(C(N)C(C)OC)C1. The van der Waals surface area contributed by atoms with Crippen molar-refractivity contribution in [1.82, 2.24) is 0 Å². The quantitative estimate of drug-likeness (QED) is 0.755. The Balaban J connectivity index is 2.42. The van der Waals surface area contributed by atoms with Gasteiger partial charge in [-0.15, -0.1) is 0 Å². The van der Waals surface area contributed by atoms with Gasteiger partial charge in [-0.2, -0.15) is 0 Å². The molecule has 0 aliphatic heterocycles. The fourth-order valence-corrected chi connectivity index (χ4v) is 2.59. The summed E-state index contributed by atoms with van der Waals surface area (Å²) in [6.45, 7) is 4.37. The van der Waals surface area contributed by atoms with Gasteiger partial charge in [0.2, 0.25) is 0 Å². The third kappa shape index (κ3) is 2.96. The molecule has 2 nitrogen and oxygen atoms in total. The van der Waals surface area contributed by atoms with Crippen LogP contribution in [0.15, 0.2) is 0 Å². The number of ether oxygens (including phenoxy) is 1. The normalized spacial score (nSPS) is 32.6. The lowest BCUT2D eigenvalue weighted by Crippen LogP contribution is -2.42. The molecule has 0 aromatic carbocycles. The van der Waals surface area contributed by atoms with Gasteiger partial charge >= 0.3 is 0 Å². The Labute approximate surface area is 88.2 Å². The monoisotopic (exact) mass is 199 g/mol. The summed E-state index contributed by atoms with van der Waals surface area (Å²) in [6.07, 6.45) is 6.88. The second-order valence-corrected chi connectivity index (χ2v) is 4.72. The van der Waals surface area contributed by atoms with Gasteiger partial charge < -0.3 is 10.5 Å². The molecule has 0 saturated heterocycles. The second-order valence-electron chi connectivity index (χ2n) is 4.72. The third-order valence-electron chi connectivity index (χ3n) is 3.86. The maximum absolute atomic E-state index is 6.19. The van der Waals surface area contributed by atoms with E-state index in [0.717, 1.165) is 5.92 Å². The van der Waals surface area contributed by atoms with Crippen molar-refractivity contribution in [3.8, 4) is 0 Å². The van der Waals surface area contributed by atoms with E-state index in [9.17, 15) is 0 Å². The van der Waals surface area contributed by atoms with Gasteiger partial charge in [0.1, 0.15) is 0 Å². The summed E-state index contributed by atoms with van der Waals surface area (Å²) >= 11 is 0. The van der Waals surface area contributed by atoms with Gasteiger partial charge in [-0.1, -0.05) is 26.2 Å². The van der Waals surface area contributed by atoms with Gasteiger partial charge in [-0.25, -0.2) is 0 Å². The number of nitrogens with two attached hydrogens (primary N) is 1. The molecule has 4 unspecified atom stereocenters. The molecular weight excluding hydrogens is 174 g/mol. The Kier molecular flexibility index (Phi) is 4.90. The van der Waals surface area contributed by atoms with Crippen LogP contribution in [0.3, 0.4) is 0 Å². The first kappa shape index (κ1) is 12.0. The lowest BCUT2D eigenvalue weighted by molar-refractivity contribution is 0.0611. The van der Waals surface area contributed by atoms with E-state index in [-0.39, 0.29) is 12.1 Å². The number of hydrogen-bond acceptors (Lipinski definition) is 2. The average Bonchev–Trinajstić information content (AvgIpc) is 2.27. The molecule has 1 rings (SSSR count). The van der Waals surface area contributed by atoms with Gasteiger partial charge in [-0.3, -0.25) is 0 Å². The summed E-state index contributed by atoms with van der Waals surface area (Å²) in [4.78, 5) is 0. The highest BCUT2D eigenvalue weighted by atomic mass is 16.5. The molecular formula is C12H25NO. The minimum Gasteiger partial charge on any atom is -0.380 e. The van der Waals surface area contributed by atoms with Crippen molar-refractivity contribution >= 4 is 0 Å². The molecule has 0 bridgehead atoms. The van der Waals surface area contributed by atoms with Crippen LogP contribution in [0.5, 0.6) is 0 Å². The van der Waals surface area contributed by atoms with E-state index < -0.39 is 0 Å². The molecule has 0 aromatic rings. The van der Waals surface area contributed by atoms with Gasteiger partial charge in [0.15, 0.2) is 0 Å². The highest BCUT2D eigenvalue weighted by Crippen LogP contribution is 2.33. The van der Waals surface area contributed by atoms with Gasteiger partial charge in [0.05, 0.1) is 6.10 Å². The molecule has 1 fully saturated rings. The molecule has 4 atom stereocenters. The zero-order valence-electron chi connectivity index (χ0n) is 9.83. The molecule has 1 aliphatic carbocycles. The first-order valence-corrected chi connectivity index (χ1v) is 5.97. The van der Waals surface area contributed by atoms with Crippen molar-refractivity contribution in [3.05, 3.63) is 0 Å². The Morgan fingerprint density at radius 1 is 1.43 bits per heavy atom. The van der Waals surface area contributed by atoms with Crippen LogP contribution in [-0.4, -0.2) is 19.3 Å². The summed E-state index contributed by atoms with van der Waals surface area (Å²) in [7, 11) is 1.75. The van der Waals surface area contributed by atoms with E-state index in [4.69, 9.17) is 10.5 Å². The predicted octanol–water partition coefficient (Wildman–Crippen LogP) is 2.57. The molecule has 0 heterocycles. The van der Waals surface area contributed by atoms with Crippen molar-refractivity contribution in [1.29, 1.82) is 0 Å². The van der Waals surface area contributed by atoms with Gasteiger partial charge in [0.25, 0.3) is 0 Å². The Hall–Kier alpha value is -0.0800. The highest BCUT2D eigenvalue weighted by Gasteiger charge is 2.28. The van der Waals surface area contributed by atoms with Crippen LogP contribution in [-0.2, 0) is 4.74 Å². The number of rotatable bonds is 4. The topological polar surface area (TPSA) is 35.2 Å². The Bertz CT molecular complexity index is 158. The second kappa shape index (κ2) is 5.72. The zero-order chi connectivity index (χ0) is 10.6. The van der Waals surface area contributed by atoms with Crippen LogP contribution in [0.1, 0.15) is 46.0 Å². The van der Waals surface area contributed by atoms with Crippen molar-refractivity contribution in [2.45, 2.75) is 58.1 Å². The van der Waals surface area contributed by atoms with Crippen molar-refractivity contribution in [3.63, 3.8) is 0 Å². The summed E-state index contributed by atoms with van der Waals surface area (Å²) in [6, 6.07) is 0.231. The molecule has 14 heavy (non-hydrogen) atoms. The van der Waals surface area contributed by atoms with Gasteiger partial charge in [-0.05, 0) is 31.6 Å². The van der Waals surface area contributed by atoms with E-state index in [1.165, 1.54) is 32.1 Å². The molecule has 2 N–H and O–H groups in total. The van der Waals surface area contributed by atoms with Crippen LogP contribution in [0.25, 0.3) is 0 Å². The smallest absolute Gasteiger partial charge is 0.0696 e. The maximum atomic E-state index is 6.19. The first-order valence-electron chi connectivity index (χ1n) is 5.97. The minimum atomic E-state index is 0.204. The van der Waals surface area contributed by atoms with Crippen LogP contribution in [0.4, 0.5) is 0 Å². The van der Waals surface area contributed by atoms with Crippen LogP contribution in [0.2, 0.25) is 0 Å². The zero-order valence-corrected chi connectivity index (χ0v) is 9.83. The van der Waals surface area contributed by atoms with Crippen LogP contribution >= 0.6 is 0 Å². The molecule has 1 saturated carbocycles. The summed E-state index contributed by atoms with van der Waals surface area (Å²) in [5.74, 6) is 1.59. The number of hydrogen-bond donors (Lipinski definition) is 1. The first-order chi connectivity index (χ1) is 6.69. The van der Waals surface area contributed by atoms with Crippen LogP contribution in [0, 0.1) is 11.8 Å². The summed E-state index contributed by atoms with van der Waals surface area (Å²) in [5, 5.41) is 0. The molecule has 0 aromatic heterocycles. The molecule has 2 heteroatoms. The molecule has 0 radical (unpaired) electrons. The predicted molar refractivity (Wildman–Crippen MR) is 60.2 cm³/mol. The van der Waals surface area contributed by atoms with E-state index in [1.54, 1.807) is 7.11 Å². The molecule has 0 spiro atoms. The summed E-state index contributed by atoms with van der Waals surface area (Å²) in [5.41, 5.74) is 6.19. The fourth-order valence-electron chi connectivity index (χ4n) is 2.59. The molecule has 1 aliphatic rings. The Morgan fingerprint density at radius 2 is 2.14 bits per heavy atom. The van der Waals surface area contributed by atoms with E-state index in [2.05, 4.69) is 13.8 Å². The van der Waals surface area contributed by atoms with E-state index in [0.29, 0.717) is 5.92 Å². The standard InChI is InChI=1S/C12H25NO/c1-4-10-6-5-7-11(8-10)12(13)9(2)14-3/h9-12H,4-8,13H2,1-3H3. The lowest BCUT2D eigenvalue weighted by atomic mass is 9.76.